The molecule has 2 amide bonds. The topological polar surface area (TPSA) is 91.2 Å². The molecule has 27 heavy (non-hydrogen) atoms. The van der Waals surface area contributed by atoms with E-state index in [1.807, 2.05) is 6.08 Å². The number of amides is 2. The summed E-state index contributed by atoms with van der Waals surface area (Å²) >= 11 is 0. The van der Waals surface area contributed by atoms with Crippen molar-refractivity contribution in [3.63, 3.8) is 0 Å². The van der Waals surface area contributed by atoms with E-state index in [9.17, 15) is 14.0 Å². The van der Waals surface area contributed by atoms with E-state index in [1.165, 1.54) is 17.9 Å². The number of halogens is 1. The van der Waals surface area contributed by atoms with Crippen LogP contribution >= 0.6 is 0 Å². The minimum atomic E-state index is -0.515. The number of rotatable bonds is 5. The standard InChI is InChI=1S/C19H22FN3O4/c1-12(25)21-10-15-9-18(22-27-15)14-2-3-16(17(20)8-14)13-4-6-23(7-5-13)19(26)11-24/h2-4,8,15,24H,5-7,9-11H2,1H3,(H,21,25). The molecule has 0 spiro atoms. The summed E-state index contributed by atoms with van der Waals surface area (Å²) in [7, 11) is 0. The zero-order valence-electron chi connectivity index (χ0n) is 15.1. The first kappa shape index (κ1) is 19.0. The van der Waals surface area contributed by atoms with Crippen LogP contribution in [0.3, 0.4) is 0 Å². The second kappa shape index (κ2) is 8.30. The van der Waals surface area contributed by atoms with Gasteiger partial charge >= 0.3 is 0 Å². The molecule has 0 saturated carbocycles. The van der Waals surface area contributed by atoms with Crippen LogP contribution in [0.25, 0.3) is 5.57 Å². The van der Waals surface area contributed by atoms with Crippen molar-refractivity contribution in [2.45, 2.75) is 25.9 Å². The van der Waals surface area contributed by atoms with Crippen molar-refractivity contribution >= 4 is 23.1 Å². The molecule has 0 fully saturated rings. The monoisotopic (exact) mass is 375 g/mol. The number of nitrogens with one attached hydrogen (secondary N) is 1. The number of oxime groups is 1. The summed E-state index contributed by atoms with van der Waals surface area (Å²) in [6.07, 6.45) is 2.60. The van der Waals surface area contributed by atoms with Gasteiger partial charge in [0.25, 0.3) is 0 Å². The lowest BCUT2D eigenvalue weighted by Crippen LogP contribution is -2.36. The molecule has 2 heterocycles. The van der Waals surface area contributed by atoms with Gasteiger partial charge in [0.05, 0.1) is 12.3 Å². The maximum atomic E-state index is 14.6. The highest BCUT2D eigenvalue weighted by Gasteiger charge is 2.24. The largest absolute Gasteiger partial charge is 0.390 e. The first-order valence-electron chi connectivity index (χ1n) is 8.83. The highest BCUT2D eigenvalue weighted by atomic mass is 19.1. The van der Waals surface area contributed by atoms with Crippen LogP contribution in [0.15, 0.2) is 29.4 Å². The number of aliphatic hydroxyl groups excluding tert-OH is 1. The Bertz CT molecular complexity index is 806. The predicted octanol–water partition coefficient (Wildman–Crippen LogP) is 1.06. The van der Waals surface area contributed by atoms with E-state index >= 15 is 0 Å². The minimum Gasteiger partial charge on any atom is -0.390 e. The summed E-state index contributed by atoms with van der Waals surface area (Å²) in [5, 5.41) is 15.6. The van der Waals surface area contributed by atoms with Gasteiger partial charge in [0.2, 0.25) is 11.8 Å². The van der Waals surface area contributed by atoms with Gasteiger partial charge in [-0.15, -0.1) is 0 Å². The molecule has 2 aliphatic heterocycles. The third-order valence-corrected chi connectivity index (χ3v) is 4.66. The molecule has 8 heteroatoms. The zero-order chi connectivity index (χ0) is 19.4. The molecule has 0 aromatic heterocycles. The van der Waals surface area contributed by atoms with Gasteiger partial charge in [0.1, 0.15) is 18.5 Å². The molecule has 144 valence electrons. The smallest absolute Gasteiger partial charge is 0.248 e. The Balaban J connectivity index is 1.66. The molecule has 1 aromatic rings. The Morgan fingerprint density at radius 1 is 1.44 bits per heavy atom. The summed E-state index contributed by atoms with van der Waals surface area (Å²) in [6, 6.07) is 4.95. The van der Waals surface area contributed by atoms with Crippen LogP contribution in [-0.2, 0) is 14.4 Å². The Hall–Kier alpha value is -2.74. The van der Waals surface area contributed by atoms with Crippen LogP contribution in [0.4, 0.5) is 4.39 Å². The predicted molar refractivity (Wildman–Crippen MR) is 97.4 cm³/mol. The van der Waals surface area contributed by atoms with Crippen LogP contribution in [0.2, 0.25) is 0 Å². The van der Waals surface area contributed by atoms with E-state index in [0.29, 0.717) is 49.3 Å². The van der Waals surface area contributed by atoms with Crippen molar-refractivity contribution in [2.75, 3.05) is 26.2 Å². The van der Waals surface area contributed by atoms with E-state index in [1.54, 1.807) is 12.1 Å². The lowest BCUT2D eigenvalue weighted by molar-refractivity contribution is -0.133. The van der Waals surface area contributed by atoms with Gasteiger partial charge in [-0.25, -0.2) is 4.39 Å². The Kier molecular flexibility index (Phi) is 5.85. The molecule has 2 aliphatic rings. The van der Waals surface area contributed by atoms with Gasteiger partial charge in [-0.1, -0.05) is 23.4 Å². The quantitative estimate of drug-likeness (QED) is 0.805. The third kappa shape index (κ3) is 4.51. The number of hydrogen-bond donors (Lipinski definition) is 2. The molecule has 1 atom stereocenters. The molecular weight excluding hydrogens is 353 g/mol. The fourth-order valence-corrected chi connectivity index (χ4v) is 3.16. The van der Waals surface area contributed by atoms with Crippen LogP contribution < -0.4 is 5.32 Å². The number of hydrogen-bond acceptors (Lipinski definition) is 5. The SMILES string of the molecule is CC(=O)NCC1CC(c2ccc(C3=CCN(C(=O)CO)CC3)c(F)c2)=NO1. The fraction of sp³-hybridized carbons (Fsp3) is 0.421. The van der Waals surface area contributed by atoms with Crippen molar-refractivity contribution in [3.05, 3.63) is 41.2 Å². The van der Waals surface area contributed by atoms with Crippen molar-refractivity contribution in [2.24, 2.45) is 5.16 Å². The van der Waals surface area contributed by atoms with Crippen LogP contribution in [0, 0.1) is 5.82 Å². The number of nitrogens with zero attached hydrogens (tertiary/aromatic N) is 2. The Morgan fingerprint density at radius 3 is 2.89 bits per heavy atom. The van der Waals surface area contributed by atoms with E-state index in [4.69, 9.17) is 9.94 Å². The number of benzene rings is 1. The van der Waals surface area contributed by atoms with Crippen molar-refractivity contribution in [3.8, 4) is 0 Å². The van der Waals surface area contributed by atoms with E-state index in [-0.39, 0.29) is 23.7 Å². The first-order valence-corrected chi connectivity index (χ1v) is 8.83. The summed E-state index contributed by atoms with van der Waals surface area (Å²) in [4.78, 5) is 29.3. The summed E-state index contributed by atoms with van der Waals surface area (Å²) in [6.45, 7) is 2.10. The third-order valence-electron chi connectivity index (χ3n) is 4.66. The van der Waals surface area contributed by atoms with Gasteiger partial charge in [-0.05, 0) is 18.1 Å². The lowest BCUT2D eigenvalue weighted by atomic mass is 9.96. The van der Waals surface area contributed by atoms with E-state index in [2.05, 4.69) is 10.5 Å². The second-order valence-electron chi connectivity index (χ2n) is 6.58. The van der Waals surface area contributed by atoms with Gasteiger partial charge in [-0.2, -0.15) is 0 Å². The van der Waals surface area contributed by atoms with Gasteiger partial charge in [0.15, 0.2) is 0 Å². The number of aliphatic hydroxyl groups is 1. The molecular formula is C19H22FN3O4. The number of carbonyl (C=O) groups is 2. The van der Waals surface area contributed by atoms with E-state index in [0.717, 1.165) is 5.57 Å². The summed E-state index contributed by atoms with van der Waals surface area (Å²) in [5.41, 5.74) is 2.64. The maximum absolute atomic E-state index is 14.6. The lowest BCUT2D eigenvalue weighted by Gasteiger charge is -2.26. The summed E-state index contributed by atoms with van der Waals surface area (Å²) < 4.78 is 14.6. The fourth-order valence-electron chi connectivity index (χ4n) is 3.16. The van der Waals surface area contributed by atoms with Crippen molar-refractivity contribution < 1.29 is 23.9 Å². The maximum Gasteiger partial charge on any atom is 0.248 e. The number of carbonyl (C=O) groups excluding carboxylic acids is 2. The van der Waals surface area contributed by atoms with Crippen LogP contribution in [-0.4, -0.2) is 59.9 Å². The minimum absolute atomic E-state index is 0.137. The van der Waals surface area contributed by atoms with Crippen LogP contribution in [0.1, 0.15) is 30.9 Å². The zero-order valence-corrected chi connectivity index (χ0v) is 15.1. The average molecular weight is 375 g/mol. The first-order chi connectivity index (χ1) is 13.0. The van der Waals surface area contributed by atoms with Crippen molar-refractivity contribution in [1.82, 2.24) is 10.2 Å². The Morgan fingerprint density at radius 2 is 2.26 bits per heavy atom. The molecule has 0 aliphatic carbocycles. The molecule has 3 rings (SSSR count). The molecule has 0 saturated heterocycles. The highest BCUT2D eigenvalue weighted by molar-refractivity contribution is 6.01. The van der Waals surface area contributed by atoms with Gasteiger partial charge < -0.3 is 20.2 Å². The summed E-state index contributed by atoms with van der Waals surface area (Å²) in [5.74, 6) is -0.815. The molecule has 1 unspecified atom stereocenters. The molecule has 1 aromatic carbocycles. The molecule has 0 radical (unpaired) electrons. The average Bonchev–Trinajstić information content (AvgIpc) is 3.15. The highest BCUT2D eigenvalue weighted by Crippen LogP contribution is 2.27. The molecule has 7 nitrogen and oxygen atoms in total. The van der Waals surface area contributed by atoms with Crippen LogP contribution in [0.5, 0.6) is 0 Å². The molecule has 0 bridgehead atoms. The van der Waals surface area contributed by atoms with Gasteiger partial charge in [0, 0.05) is 37.6 Å². The second-order valence-corrected chi connectivity index (χ2v) is 6.58. The van der Waals surface area contributed by atoms with Gasteiger partial charge in [-0.3, -0.25) is 9.59 Å². The Labute approximate surface area is 156 Å². The normalized spacial score (nSPS) is 19.2. The molecule has 2 N–H and O–H groups in total. The van der Waals surface area contributed by atoms with Crippen molar-refractivity contribution in [1.29, 1.82) is 0 Å². The van der Waals surface area contributed by atoms with E-state index < -0.39 is 6.61 Å².